The molecule has 17 heavy (non-hydrogen) atoms. The van der Waals surface area contributed by atoms with Gasteiger partial charge in [-0.25, -0.2) is 9.97 Å². The predicted octanol–water partition coefficient (Wildman–Crippen LogP) is 2.32. The van der Waals surface area contributed by atoms with Crippen LogP contribution in [-0.4, -0.2) is 16.0 Å². The molecule has 1 atom stereocenters. The first kappa shape index (κ1) is 11.8. The van der Waals surface area contributed by atoms with Gasteiger partial charge in [-0.15, -0.1) is 0 Å². The SMILES string of the molecule is CCC(N)Cc1ccnc(-c2ccoc2C)n1. The summed E-state index contributed by atoms with van der Waals surface area (Å²) in [7, 11) is 0. The molecule has 2 heterocycles. The second kappa shape index (κ2) is 5.10. The van der Waals surface area contributed by atoms with Gasteiger partial charge in [0.25, 0.3) is 0 Å². The van der Waals surface area contributed by atoms with Crippen LogP contribution in [0.25, 0.3) is 11.4 Å². The molecule has 0 bridgehead atoms. The van der Waals surface area contributed by atoms with E-state index < -0.39 is 0 Å². The molecule has 0 fully saturated rings. The smallest absolute Gasteiger partial charge is 0.162 e. The lowest BCUT2D eigenvalue weighted by molar-refractivity contribution is 0.535. The summed E-state index contributed by atoms with van der Waals surface area (Å²) in [5, 5.41) is 0. The third-order valence-corrected chi connectivity index (χ3v) is 2.81. The normalized spacial score (nSPS) is 12.6. The van der Waals surface area contributed by atoms with Crippen LogP contribution in [0.15, 0.2) is 29.0 Å². The Bertz CT molecular complexity index is 493. The molecule has 4 heteroatoms. The lowest BCUT2D eigenvalue weighted by Gasteiger charge is -2.08. The molecule has 0 radical (unpaired) electrons. The number of aromatic nitrogens is 2. The van der Waals surface area contributed by atoms with Gasteiger partial charge in [-0.1, -0.05) is 6.92 Å². The van der Waals surface area contributed by atoms with Crippen molar-refractivity contribution in [2.24, 2.45) is 5.73 Å². The predicted molar refractivity (Wildman–Crippen MR) is 66.4 cm³/mol. The van der Waals surface area contributed by atoms with Gasteiger partial charge in [-0.2, -0.15) is 0 Å². The molecule has 2 N–H and O–H groups in total. The molecule has 0 aromatic carbocycles. The average Bonchev–Trinajstić information content (AvgIpc) is 2.75. The van der Waals surface area contributed by atoms with Crippen molar-refractivity contribution in [3.8, 4) is 11.4 Å². The van der Waals surface area contributed by atoms with Crippen molar-refractivity contribution in [1.29, 1.82) is 0 Å². The Hall–Kier alpha value is -1.68. The highest BCUT2D eigenvalue weighted by Gasteiger charge is 2.09. The van der Waals surface area contributed by atoms with Crippen molar-refractivity contribution >= 4 is 0 Å². The van der Waals surface area contributed by atoms with Crippen LogP contribution in [0.5, 0.6) is 0 Å². The first-order valence-corrected chi connectivity index (χ1v) is 5.82. The maximum absolute atomic E-state index is 5.92. The number of nitrogens with two attached hydrogens (primary N) is 1. The summed E-state index contributed by atoms with van der Waals surface area (Å²) in [5.41, 5.74) is 7.84. The van der Waals surface area contributed by atoms with Crippen molar-refractivity contribution in [3.05, 3.63) is 36.0 Å². The van der Waals surface area contributed by atoms with Crippen molar-refractivity contribution in [3.63, 3.8) is 0 Å². The van der Waals surface area contributed by atoms with Crippen LogP contribution in [0.3, 0.4) is 0 Å². The minimum atomic E-state index is 0.156. The van der Waals surface area contributed by atoms with Gasteiger partial charge in [0.15, 0.2) is 5.82 Å². The minimum Gasteiger partial charge on any atom is -0.469 e. The number of nitrogens with zero attached hydrogens (tertiary/aromatic N) is 2. The Kier molecular flexibility index (Phi) is 3.54. The molecule has 2 aromatic heterocycles. The van der Waals surface area contributed by atoms with Gasteiger partial charge in [0.2, 0.25) is 0 Å². The summed E-state index contributed by atoms with van der Waals surface area (Å²) >= 11 is 0. The van der Waals surface area contributed by atoms with Crippen molar-refractivity contribution < 1.29 is 4.42 Å². The van der Waals surface area contributed by atoms with Gasteiger partial charge in [0, 0.05) is 24.4 Å². The Balaban J connectivity index is 2.26. The molecule has 0 aliphatic heterocycles. The molecule has 0 saturated carbocycles. The molecule has 1 unspecified atom stereocenters. The Labute approximate surface area is 101 Å². The Morgan fingerprint density at radius 1 is 1.41 bits per heavy atom. The molecule has 90 valence electrons. The van der Waals surface area contributed by atoms with E-state index in [9.17, 15) is 0 Å². The van der Waals surface area contributed by atoms with Gasteiger partial charge in [0.1, 0.15) is 5.76 Å². The van der Waals surface area contributed by atoms with E-state index >= 15 is 0 Å². The summed E-state index contributed by atoms with van der Waals surface area (Å²) in [5.74, 6) is 1.54. The van der Waals surface area contributed by atoms with Crippen LogP contribution in [0.2, 0.25) is 0 Å². The van der Waals surface area contributed by atoms with Crippen molar-refractivity contribution in [1.82, 2.24) is 9.97 Å². The number of aryl methyl sites for hydroxylation is 1. The summed E-state index contributed by atoms with van der Waals surface area (Å²) < 4.78 is 5.26. The van der Waals surface area contributed by atoms with E-state index in [1.54, 1.807) is 12.5 Å². The molecule has 2 rings (SSSR count). The molecule has 0 spiro atoms. The minimum absolute atomic E-state index is 0.156. The first-order valence-electron chi connectivity index (χ1n) is 5.82. The molecule has 0 aliphatic rings. The van der Waals surface area contributed by atoms with Crippen LogP contribution in [0.1, 0.15) is 24.8 Å². The molecule has 2 aromatic rings. The van der Waals surface area contributed by atoms with E-state index in [-0.39, 0.29) is 6.04 Å². The van der Waals surface area contributed by atoms with E-state index in [2.05, 4.69) is 16.9 Å². The van der Waals surface area contributed by atoms with Gasteiger partial charge >= 0.3 is 0 Å². The molecule has 4 nitrogen and oxygen atoms in total. The second-order valence-corrected chi connectivity index (χ2v) is 4.13. The lowest BCUT2D eigenvalue weighted by Crippen LogP contribution is -2.22. The second-order valence-electron chi connectivity index (χ2n) is 4.13. The summed E-state index contributed by atoms with van der Waals surface area (Å²) in [6, 6.07) is 3.95. The third-order valence-electron chi connectivity index (χ3n) is 2.81. The highest BCUT2D eigenvalue weighted by atomic mass is 16.3. The van der Waals surface area contributed by atoms with Gasteiger partial charge in [0.05, 0.1) is 11.8 Å². The maximum Gasteiger partial charge on any atom is 0.162 e. The number of hydrogen-bond donors (Lipinski definition) is 1. The van der Waals surface area contributed by atoms with Gasteiger partial charge < -0.3 is 10.2 Å². The standard InChI is InChI=1S/C13H17N3O/c1-3-10(14)8-11-4-6-15-13(16-11)12-5-7-17-9(12)2/h4-7,10H,3,8,14H2,1-2H3. The zero-order valence-electron chi connectivity index (χ0n) is 10.2. The van der Waals surface area contributed by atoms with E-state index in [4.69, 9.17) is 10.2 Å². The van der Waals surface area contributed by atoms with Crippen LogP contribution in [0.4, 0.5) is 0 Å². The summed E-state index contributed by atoms with van der Waals surface area (Å²) in [6.45, 7) is 3.98. The van der Waals surface area contributed by atoms with Gasteiger partial charge in [-0.05, 0) is 25.5 Å². The largest absolute Gasteiger partial charge is 0.469 e. The maximum atomic E-state index is 5.92. The molecular formula is C13H17N3O. The fourth-order valence-corrected chi connectivity index (χ4v) is 1.67. The van der Waals surface area contributed by atoms with E-state index in [1.165, 1.54) is 0 Å². The molecule has 0 saturated heterocycles. The van der Waals surface area contributed by atoms with Gasteiger partial charge in [-0.3, -0.25) is 0 Å². The highest BCUT2D eigenvalue weighted by molar-refractivity contribution is 5.56. The lowest BCUT2D eigenvalue weighted by atomic mass is 10.1. The van der Waals surface area contributed by atoms with E-state index in [0.29, 0.717) is 5.82 Å². The van der Waals surface area contributed by atoms with E-state index in [0.717, 1.165) is 29.9 Å². The number of rotatable bonds is 4. The summed E-state index contributed by atoms with van der Waals surface area (Å²) in [6.07, 6.45) is 5.15. The quantitative estimate of drug-likeness (QED) is 0.877. The van der Waals surface area contributed by atoms with Crippen LogP contribution in [-0.2, 0) is 6.42 Å². The topological polar surface area (TPSA) is 64.9 Å². The van der Waals surface area contributed by atoms with Crippen molar-refractivity contribution in [2.75, 3.05) is 0 Å². The number of furan rings is 1. The molecular weight excluding hydrogens is 214 g/mol. The Morgan fingerprint density at radius 3 is 2.88 bits per heavy atom. The van der Waals surface area contributed by atoms with Crippen LogP contribution < -0.4 is 5.73 Å². The van der Waals surface area contributed by atoms with Crippen molar-refractivity contribution in [2.45, 2.75) is 32.7 Å². The fourth-order valence-electron chi connectivity index (χ4n) is 1.67. The number of hydrogen-bond acceptors (Lipinski definition) is 4. The summed E-state index contributed by atoms with van der Waals surface area (Å²) in [4.78, 5) is 8.78. The monoisotopic (exact) mass is 231 g/mol. The zero-order valence-corrected chi connectivity index (χ0v) is 10.2. The fraction of sp³-hybridized carbons (Fsp3) is 0.385. The third kappa shape index (κ3) is 2.71. The first-order chi connectivity index (χ1) is 8.20. The van der Waals surface area contributed by atoms with Crippen LogP contribution in [0, 0.1) is 6.92 Å². The highest BCUT2D eigenvalue weighted by Crippen LogP contribution is 2.20. The zero-order chi connectivity index (χ0) is 12.3. The molecule has 0 amide bonds. The Morgan fingerprint density at radius 2 is 2.24 bits per heavy atom. The molecule has 0 aliphatic carbocycles. The average molecular weight is 231 g/mol. The van der Waals surface area contributed by atoms with E-state index in [1.807, 2.05) is 19.1 Å². The van der Waals surface area contributed by atoms with Crippen LogP contribution >= 0.6 is 0 Å².